The molecule has 3 rings (SSSR count). The van der Waals surface area contributed by atoms with Crippen LogP contribution in [0.1, 0.15) is 18.4 Å². The van der Waals surface area contributed by atoms with Crippen LogP contribution < -0.4 is 4.90 Å². The molecule has 0 aromatic heterocycles. The fourth-order valence-electron chi connectivity index (χ4n) is 2.97. The minimum Gasteiger partial charge on any atom is -0.324 e. The number of rotatable bonds is 0. The first kappa shape index (κ1) is 12.9. The van der Waals surface area contributed by atoms with Crippen LogP contribution in [-0.4, -0.2) is 30.6 Å². The number of fused-ring (bicyclic) bond motifs is 1. The van der Waals surface area contributed by atoms with Crippen LogP contribution in [-0.2, 0) is 6.42 Å². The third-order valence-electron chi connectivity index (χ3n) is 4.12. The van der Waals surface area contributed by atoms with Gasteiger partial charge in [-0.1, -0.05) is 12.1 Å². The van der Waals surface area contributed by atoms with E-state index in [1.54, 1.807) is 11.0 Å². The van der Waals surface area contributed by atoms with Gasteiger partial charge in [0.1, 0.15) is 5.82 Å². The fourth-order valence-corrected chi connectivity index (χ4v) is 2.97. The Balaban J connectivity index is 1.76. The van der Waals surface area contributed by atoms with E-state index in [4.69, 9.17) is 5.26 Å². The van der Waals surface area contributed by atoms with Crippen LogP contribution in [0.3, 0.4) is 0 Å². The standard InChI is InChI=1S/C15H16FN3O/c16-13-3-1-2-12-6-9-19(14(12)13)15(20)18-7-4-11(10-17)5-8-18/h1-3,11H,4-9H2. The summed E-state index contributed by atoms with van der Waals surface area (Å²) in [6.45, 7) is 1.70. The Morgan fingerprint density at radius 3 is 2.75 bits per heavy atom. The molecule has 5 heteroatoms. The minimum absolute atomic E-state index is 0.0432. The topological polar surface area (TPSA) is 47.3 Å². The molecule has 0 N–H and O–H groups in total. The predicted octanol–water partition coefficient (Wildman–Crippen LogP) is 2.54. The van der Waals surface area contributed by atoms with Crippen LogP contribution in [0.4, 0.5) is 14.9 Å². The van der Waals surface area contributed by atoms with Crippen molar-refractivity contribution in [2.24, 2.45) is 5.92 Å². The fraction of sp³-hybridized carbons (Fsp3) is 0.467. The number of carbonyl (C=O) groups is 1. The van der Waals surface area contributed by atoms with Crippen LogP contribution in [0.25, 0.3) is 0 Å². The summed E-state index contributed by atoms with van der Waals surface area (Å²) in [7, 11) is 0. The second kappa shape index (κ2) is 5.12. The number of hydrogen-bond acceptors (Lipinski definition) is 2. The maximum absolute atomic E-state index is 13.9. The van der Waals surface area contributed by atoms with Crippen LogP contribution in [0.15, 0.2) is 18.2 Å². The Morgan fingerprint density at radius 1 is 1.30 bits per heavy atom. The molecular weight excluding hydrogens is 257 g/mol. The number of halogens is 1. The molecule has 104 valence electrons. The Kier molecular flexibility index (Phi) is 3.31. The molecule has 2 aliphatic heterocycles. The first-order valence-corrected chi connectivity index (χ1v) is 6.94. The number of hydrogen-bond donors (Lipinski definition) is 0. The molecule has 0 saturated carbocycles. The average molecular weight is 273 g/mol. The van der Waals surface area contributed by atoms with Crippen LogP contribution in [0, 0.1) is 23.1 Å². The van der Waals surface area contributed by atoms with E-state index in [1.807, 2.05) is 6.07 Å². The van der Waals surface area contributed by atoms with Gasteiger partial charge in [0.15, 0.2) is 0 Å². The SMILES string of the molecule is N#CC1CCN(C(=O)N2CCc3cccc(F)c32)CC1. The number of para-hydroxylation sites is 1. The highest BCUT2D eigenvalue weighted by molar-refractivity contribution is 5.94. The molecule has 2 amide bonds. The summed E-state index contributed by atoms with van der Waals surface area (Å²) >= 11 is 0. The highest BCUT2D eigenvalue weighted by Gasteiger charge is 2.32. The summed E-state index contributed by atoms with van der Waals surface area (Å²) in [6, 6.07) is 7.06. The molecule has 0 aliphatic carbocycles. The zero-order valence-electron chi connectivity index (χ0n) is 11.2. The van der Waals surface area contributed by atoms with Gasteiger partial charge >= 0.3 is 6.03 Å². The van der Waals surface area contributed by atoms with Crippen molar-refractivity contribution in [2.75, 3.05) is 24.5 Å². The zero-order chi connectivity index (χ0) is 14.1. The number of nitrogens with zero attached hydrogens (tertiary/aromatic N) is 3. The zero-order valence-corrected chi connectivity index (χ0v) is 11.2. The van der Waals surface area contributed by atoms with Crippen LogP contribution >= 0.6 is 0 Å². The van der Waals surface area contributed by atoms with Gasteiger partial charge in [-0.25, -0.2) is 9.18 Å². The van der Waals surface area contributed by atoms with Gasteiger partial charge < -0.3 is 4.90 Å². The van der Waals surface area contributed by atoms with E-state index < -0.39 is 0 Å². The van der Waals surface area contributed by atoms with E-state index in [0.717, 1.165) is 5.56 Å². The monoisotopic (exact) mass is 273 g/mol. The van der Waals surface area contributed by atoms with Gasteiger partial charge in [0.25, 0.3) is 0 Å². The molecule has 2 aliphatic rings. The third-order valence-corrected chi connectivity index (χ3v) is 4.12. The number of likely N-dealkylation sites (tertiary alicyclic amines) is 1. The van der Waals surface area contributed by atoms with Gasteiger partial charge in [0.2, 0.25) is 0 Å². The predicted molar refractivity (Wildman–Crippen MR) is 72.8 cm³/mol. The summed E-state index contributed by atoms with van der Waals surface area (Å²) < 4.78 is 13.9. The number of amides is 2. The molecule has 1 aromatic rings. The summed E-state index contributed by atoms with van der Waals surface area (Å²) in [4.78, 5) is 15.8. The van der Waals surface area contributed by atoms with E-state index in [2.05, 4.69) is 6.07 Å². The van der Waals surface area contributed by atoms with Gasteiger partial charge in [0.05, 0.1) is 11.8 Å². The summed E-state index contributed by atoms with van der Waals surface area (Å²) in [5, 5.41) is 8.88. The van der Waals surface area contributed by atoms with E-state index in [0.29, 0.717) is 44.6 Å². The maximum Gasteiger partial charge on any atom is 0.324 e. The smallest absolute Gasteiger partial charge is 0.324 e. The molecule has 0 atom stereocenters. The molecule has 0 radical (unpaired) electrons. The third kappa shape index (κ3) is 2.11. The van der Waals surface area contributed by atoms with E-state index in [-0.39, 0.29) is 17.8 Å². The summed E-state index contributed by atoms with van der Waals surface area (Å²) in [5.74, 6) is -0.290. The van der Waals surface area contributed by atoms with Crippen molar-refractivity contribution in [1.82, 2.24) is 4.90 Å². The van der Waals surface area contributed by atoms with E-state index >= 15 is 0 Å². The summed E-state index contributed by atoms with van der Waals surface area (Å²) in [6.07, 6.45) is 2.12. The lowest BCUT2D eigenvalue weighted by Crippen LogP contribution is -2.46. The normalized spacial score (nSPS) is 18.8. The van der Waals surface area contributed by atoms with Crippen LogP contribution in [0.5, 0.6) is 0 Å². The Labute approximate surface area is 117 Å². The quantitative estimate of drug-likeness (QED) is 0.729. The first-order chi connectivity index (χ1) is 9.70. The molecule has 0 unspecified atom stereocenters. The number of benzene rings is 1. The number of anilines is 1. The van der Waals surface area contributed by atoms with Crippen molar-refractivity contribution < 1.29 is 9.18 Å². The molecule has 1 saturated heterocycles. The number of nitriles is 1. The molecule has 1 fully saturated rings. The molecular formula is C15H16FN3O. The summed E-state index contributed by atoms with van der Waals surface area (Å²) in [5.41, 5.74) is 1.32. The van der Waals surface area contributed by atoms with Gasteiger partial charge in [-0.15, -0.1) is 0 Å². The second-order valence-corrected chi connectivity index (χ2v) is 5.32. The lowest BCUT2D eigenvalue weighted by Gasteiger charge is -2.32. The average Bonchev–Trinajstić information content (AvgIpc) is 2.92. The Bertz CT molecular complexity index is 573. The van der Waals surface area contributed by atoms with Crippen molar-refractivity contribution in [3.05, 3.63) is 29.6 Å². The molecule has 20 heavy (non-hydrogen) atoms. The number of urea groups is 1. The highest BCUT2D eigenvalue weighted by Crippen LogP contribution is 2.32. The van der Waals surface area contributed by atoms with E-state index in [9.17, 15) is 9.18 Å². The number of carbonyl (C=O) groups excluding carboxylic acids is 1. The Morgan fingerprint density at radius 2 is 2.05 bits per heavy atom. The second-order valence-electron chi connectivity index (χ2n) is 5.32. The minimum atomic E-state index is -0.333. The molecule has 1 aromatic carbocycles. The van der Waals surface area contributed by atoms with Gasteiger partial charge in [0, 0.05) is 25.6 Å². The largest absolute Gasteiger partial charge is 0.324 e. The van der Waals surface area contributed by atoms with Crippen molar-refractivity contribution in [3.8, 4) is 6.07 Å². The van der Waals surface area contributed by atoms with Gasteiger partial charge in [-0.05, 0) is 30.9 Å². The lowest BCUT2D eigenvalue weighted by molar-refractivity contribution is 0.185. The first-order valence-electron chi connectivity index (χ1n) is 6.94. The van der Waals surface area contributed by atoms with Crippen molar-refractivity contribution >= 4 is 11.7 Å². The highest BCUT2D eigenvalue weighted by atomic mass is 19.1. The van der Waals surface area contributed by atoms with Crippen molar-refractivity contribution in [3.63, 3.8) is 0 Å². The van der Waals surface area contributed by atoms with E-state index in [1.165, 1.54) is 11.0 Å². The van der Waals surface area contributed by atoms with Crippen LogP contribution in [0.2, 0.25) is 0 Å². The molecule has 2 heterocycles. The van der Waals surface area contributed by atoms with Crippen molar-refractivity contribution in [1.29, 1.82) is 5.26 Å². The maximum atomic E-state index is 13.9. The van der Waals surface area contributed by atoms with Crippen molar-refractivity contribution in [2.45, 2.75) is 19.3 Å². The molecule has 0 spiro atoms. The van der Waals surface area contributed by atoms with Gasteiger partial charge in [-0.3, -0.25) is 4.90 Å². The Hall–Kier alpha value is -2.09. The lowest BCUT2D eigenvalue weighted by atomic mass is 9.99. The molecule has 4 nitrogen and oxygen atoms in total. The van der Waals surface area contributed by atoms with Gasteiger partial charge in [-0.2, -0.15) is 5.26 Å². The molecule has 0 bridgehead atoms. The number of piperidine rings is 1.